The highest BCUT2D eigenvalue weighted by Crippen LogP contribution is 2.31. The molecule has 4 aromatic carbocycles. The molecule has 1 aliphatic heterocycles. The molecule has 2 atom stereocenters. The molecule has 4 aromatic rings. The molecule has 1 heterocycles. The monoisotopic (exact) mass is 494 g/mol. The van der Waals surface area contributed by atoms with E-state index in [1.54, 1.807) is 36.0 Å². The molecule has 0 aliphatic carbocycles. The summed E-state index contributed by atoms with van der Waals surface area (Å²) in [7, 11) is 0. The fourth-order valence-corrected chi connectivity index (χ4v) is 5.47. The first-order valence-electron chi connectivity index (χ1n) is 12.0. The van der Waals surface area contributed by atoms with Crippen LogP contribution >= 0.6 is 11.8 Å². The van der Waals surface area contributed by atoms with Crippen LogP contribution in [-0.2, 0) is 9.47 Å². The van der Waals surface area contributed by atoms with Gasteiger partial charge in [-0.3, -0.25) is 0 Å². The minimum Gasteiger partial charge on any atom is -0.461 e. The van der Waals surface area contributed by atoms with Crippen LogP contribution in [0.1, 0.15) is 27.1 Å². The summed E-state index contributed by atoms with van der Waals surface area (Å²) >= 11 is 1.67. The van der Waals surface area contributed by atoms with Crippen LogP contribution in [0.2, 0.25) is 0 Å². The standard InChI is InChI=1S/C31H26O4S/c32-30(26-15-11-24(12-16-26)22-7-3-1-4-8-22)34-21-29-28(19-20-36-29)35-31(33)27-17-13-25(14-18-27)23-9-5-2-6-10-23/h1-18,28-29H,19-21H2/t28?,29-/m0/s1. The van der Waals surface area contributed by atoms with Crippen LogP contribution in [0.4, 0.5) is 0 Å². The Bertz CT molecular complexity index is 1300. The number of hydrogen-bond acceptors (Lipinski definition) is 5. The maximum atomic E-state index is 12.8. The smallest absolute Gasteiger partial charge is 0.338 e. The average Bonchev–Trinajstić information content (AvgIpc) is 3.39. The first-order chi connectivity index (χ1) is 17.7. The van der Waals surface area contributed by atoms with E-state index in [0.717, 1.165) is 34.4 Å². The molecular formula is C31H26O4S. The fraction of sp³-hybridized carbons (Fsp3) is 0.161. The Balaban J connectivity index is 1.15. The fourth-order valence-electron chi connectivity index (χ4n) is 4.22. The van der Waals surface area contributed by atoms with Crippen LogP contribution in [0.25, 0.3) is 22.3 Å². The van der Waals surface area contributed by atoms with E-state index in [1.807, 2.05) is 84.9 Å². The Morgan fingerprint density at radius 1 is 0.639 bits per heavy atom. The number of hydrogen-bond donors (Lipinski definition) is 0. The molecule has 0 aromatic heterocycles. The summed E-state index contributed by atoms with van der Waals surface area (Å²) in [6, 6.07) is 34.9. The third-order valence-electron chi connectivity index (χ3n) is 6.24. The lowest BCUT2D eigenvalue weighted by atomic mass is 10.0. The van der Waals surface area contributed by atoms with Crippen LogP contribution in [0, 0.1) is 0 Å². The lowest BCUT2D eigenvalue weighted by Gasteiger charge is -2.19. The Hall–Kier alpha value is -3.83. The Morgan fingerprint density at radius 2 is 1.11 bits per heavy atom. The summed E-state index contributed by atoms with van der Waals surface area (Å²) in [5.74, 6) is 0.137. The van der Waals surface area contributed by atoms with E-state index in [0.29, 0.717) is 11.1 Å². The Kier molecular flexibility index (Phi) is 7.48. The van der Waals surface area contributed by atoms with E-state index in [4.69, 9.17) is 9.47 Å². The highest BCUT2D eigenvalue weighted by Gasteiger charge is 2.32. The van der Waals surface area contributed by atoms with Gasteiger partial charge in [0.25, 0.3) is 0 Å². The van der Waals surface area contributed by atoms with Crippen LogP contribution in [0.3, 0.4) is 0 Å². The zero-order valence-corrected chi connectivity index (χ0v) is 20.5. The third-order valence-corrected chi connectivity index (χ3v) is 7.58. The number of ether oxygens (including phenoxy) is 2. The first kappa shape index (κ1) is 23.9. The molecule has 5 heteroatoms. The van der Waals surface area contributed by atoms with Crippen molar-refractivity contribution < 1.29 is 19.1 Å². The van der Waals surface area contributed by atoms with E-state index in [2.05, 4.69) is 0 Å². The zero-order valence-electron chi connectivity index (χ0n) is 19.7. The van der Waals surface area contributed by atoms with Crippen molar-refractivity contribution in [2.24, 2.45) is 0 Å². The normalized spacial score (nSPS) is 16.9. The molecule has 0 radical (unpaired) electrons. The van der Waals surface area contributed by atoms with E-state index in [-0.39, 0.29) is 29.9 Å². The maximum Gasteiger partial charge on any atom is 0.338 e. The van der Waals surface area contributed by atoms with Gasteiger partial charge in [0.2, 0.25) is 0 Å². The highest BCUT2D eigenvalue weighted by atomic mass is 32.2. The lowest BCUT2D eigenvalue weighted by Crippen LogP contribution is -2.29. The SMILES string of the molecule is O=C(OC[C@@H]1SCCC1OC(=O)c1ccc(-c2ccccc2)cc1)c1ccc(-c2ccccc2)cc1. The molecule has 1 unspecified atom stereocenters. The molecule has 180 valence electrons. The van der Waals surface area contributed by atoms with Gasteiger partial charge in [0.15, 0.2) is 0 Å². The van der Waals surface area contributed by atoms with Gasteiger partial charge in [-0.15, -0.1) is 0 Å². The molecule has 4 nitrogen and oxygen atoms in total. The van der Waals surface area contributed by atoms with Crippen LogP contribution in [-0.4, -0.2) is 35.7 Å². The first-order valence-corrected chi connectivity index (χ1v) is 13.0. The molecule has 0 spiro atoms. The van der Waals surface area contributed by atoms with Crippen LogP contribution < -0.4 is 0 Å². The van der Waals surface area contributed by atoms with E-state index >= 15 is 0 Å². The summed E-state index contributed by atoms with van der Waals surface area (Å²) in [5.41, 5.74) is 5.30. The van der Waals surface area contributed by atoms with Crippen molar-refractivity contribution in [3.63, 3.8) is 0 Å². The topological polar surface area (TPSA) is 52.6 Å². The van der Waals surface area contributed by atoms with Crippen LogP contribution in [0.5, 0.6) is 0 Å². The largest absolute Gasteiger partial charge is 0.461 e. The predicted molar refractivity (Wildman–Crippen MR) is 144 cm³/mol. The van der Waals surface area contributed by atoms with Gasteiger partial charge < -0.3 is 9.47 Å². The van der Waals surface area contributed by atoms with Crippen LogP contribution in [0.15, 0.2) is 109 Å². The predicted octanol–water partition coefficient (Wildman–Crippen LogP) is 6.91. The third kappa shape index (κ3) is 5.69. The summed E-state index contributed by atoms with van der Waals surface area (Å²) < 4.78 is 11.4. The van der Waals surface area contributed by atoms with Crippen molar-refractivity contribution in [3.8, 4) is 22.3 Å². The number of benzene rings is 4. The second kappa shape index (κ2) is 11.3. The van der Waals surface area contributed by atoms with Crippen molar-refractivity contribution in [2.45, 2.75) is 17.8 Å². The molecule has 0 amide bonds. The molecule has 1 aliphatic rings. The number of esters is 2. The number of carbonyl (C=O) groups is 2. The van der Waals surface area contributed by atoms with Gasteiger partial charge in [-0.25, -0.2) is 9.59 Å². The minimum absolute atomic E-state index is 0.0786. The zero-order chi connectivity index (χ0) is 24.7. The van der Waals surface area contributed by atoms with Crippen molar-refractivity contribution in [1.29, 1.82) is 0 Å². The molecular weight excluding hydrogens is 468 g/mol. The van der Waals surface area contributed by atoms with E-state index < -0.39 is 0 Å². The van der Waals surface area contributed by atoms with Crippen molar-refractivity contribution >= 4 is 23.7 Å². The Morgan fingerprint density at radius 3 is 1.64 bits per heavy atom. The number of carbonyl (C=O) groups excluding carboxylic acids is 2. The lowest BCUT2D eigenvalue weighted by molar-refractivity contribution is 0.0221. The quantitative estimate of drug-likeness (QED) is 0.261. The molecule has 0 saturated carbocycles. The average molecular weight is 495 g/mol. The molecule has 1 saturated heterocycles. The summed E-state index contributed by atoms with van der Waals surface area (Å²) in [6.45, 7) is 0.203. The van der Waals surface area contributed by atoms with Crippen molar-refractivity contribution in [2.75, 3.05) is 12.4 Å². The highest BCUT2D eigenvalue weighted by molar-refractivity contribution is 8.00. The number of thioether (sulfide) groups is 1. The summed E-state index contributed by atoms with van der Waals surface area (Å²) in [5, 5.41) is -0.0786. The second-order valence-electron chi connectivity index (χ2n) is 8.63. The molecule has 0 N–H and O–H groups in total. The van der Waals surface area contributed by atoms with Gasteiger partial charge in [0, 0.05) is 0 Å². The van der Waals surface area contributed by atoms with Gasteiger partial charge in [-0.2, -0.15) is 11.8 Å². The van der Waals surface area contributed by atoms with Gasteiger partial charge in [-0.1, -0.05) is 84.9 Å². The molecule has 1 fully saturated rings. The van der Waals surface area contributed by atoms with E-state index in [9.17, 15) is 9.59 Å². The van der Waals surface area contributed by atoms with Gasteiger partial charge >= 0.3 is 11.9 Å². The van der Waals surface area contributed by atoms with Gasteiger partial charge in [0.05, 0.1) is 16.4 Å². The Labute approximate surface area is 215 Å². The van der Waals surface area contributed by atoms with Gasteiger partial charge in [-0.05, 0) is 58.7 Å². The minimum atomic E-state index is -0.372. The maximum absolute atomic E-state index is 12.8. The van der Waals surface area contributed by atoms with Gasteiger partial charge in [0.1, 0.15) is 12.7 Å². The van der Waals surface area contributed by atoms with Crippen molar-refractivity contribution in [1.82, 2.24) is 0 Å². The summed E-state index contributed by atoms with van der Waals surface area (Å²) in [4.78, 5) is 25.4. The molecule has 36 heavy (non-hydrogen) atoms. The molecule has 0 bridgehead atoms. The second-order valence-corrected chi connectivity index (χ2v) is 9.97. The number of rotatable bonds is 7. The molecule has 5 rings (SSSR count). The van der Waals surface area contributed by atoms with E-state index in [1.165, 1.54) is 0 Å². The van der Waals surface area contributed by atoms with Crippen molar-refractivity contribution in [3.05, 3.63) is 120 Å². The summed E-state index contributed by atoms with van der Waals surface area (Å²) in [6.07, 6.45) is 0.455.